The SMILES string of the molecule is C=C(C#N)C(=O)OCCF. The van der Waals surface area contributed by atoms with E-state index in [0.717, 1.165) is 0 Å². The van der Waals surface area contributed by atoms with Crippen LogP contribution in [-0.4, -0.2) is 19.3 Å². The molecule has 0 aromatic rings. The Kier molecular flexibility index (Phi) is 3.89. The van der Waals surface area contributed by atoms with Crippen molar-refractivity contribution < 1.29 is 13.9 Å². The van der Waals surface area contributed by atoms with E-state index in [1.54, 1.807) is 0 Å². The van der Waals surface area contributed by atoms with Crippen LogP contribution in [0.15, 0.2) is 12.2 Å². The van der Waals surface area contributed by atoms with Crippen molar-refractivity contribution in [2.45, 2.75) is 0 Å². The van der Waals surface area contributed by atoms with Crippen molar-refractivity contribution in [2.75, 3.05) is 13.3 Å². The number of rotatable bonds is 3. The Morgan fingerprint density at radius 1 is 1.80 bits per heavy atom. The number of halogens is 1. The van der Waals surface area contributed by atoms with E-state index in [-0.39, 0.29) is 12.2 Å². The Hall–Kier alpha value is -1.37. The number of alkyl halides is 1. The van der Waals surface area contributed by atoms with Crippen molar-refractivity contribution in [1.29, 1.82) is 5.26 Å². The smallest absolute Gasteiger partial charge is 0.348 e. The number of hydrogen-bond acceptors (Lipinski definition) is 3. The summed E-state index contributed by atoms with van der Waals surface area (Å²) in [7, 11) is 0. The molecule has 0 saturated heterocycles. The Balaban J connectivity index is 3.66. The molecule has 0 amide bonds. The molecule has 0 atom stereocenters. The van der Waals surface area contributed by atoms with E-state index in [0.29, 0.717) is 0 Å². The van der Waals surface area contributed by atoms with Crippen LogP contribution in [0.1, 0.15) is 0 Å². The van der Waals surface area contributed by atoms with Crippen LogP contribution in [0.4, 0.5) is 4.39 Å². The van der Waals surface area contributed by atoms with Gasteiger partial charge in [0.1, 0.15) is 24.9 Å². The summed E-state index contributed by atoms with van der Waals surface area (Å²) in [6.45, 7) is 2.00. The standard InChI is InChI=1S/C6H6FNO2/c1-5(4-8)6(9)10-3-2-7/h1-3H2. The zero-order valence-electron chi connectivity index (χ0n) is 5.26. The molecule has 4 heteroatoms. The molecule has 0 radical (unpaired) electrons. The highest BCUT2D eigenvalue weighted by Crippen LogP contribution is 1.91. The maximum atomic E-state index is 11.3. The Morgan fingerprint density at radius 2 is 2.40 bits per heavy atom. The Bertz CT molecular complexity index is 183. The van der Waals surface area contributed by atoms with E-state index in [1.165, 1.54) is 6.07 Å². The van der Waals surface area contributed by atoms with Gasteiger partial charge >= 0.3 is 5.97 Å². The molecule has 10 heavy (non-hydrogen) atoms. The minimum atomic E-state index is -0.861. The van der Waals surface area contributed by atoms with Gasteiger partial charge in [0.2, 0.25) is 0 Å². The van der Waals surface area contributed by atoms with Crippen molar-refractivity contribution in [3.63, 3.8) is 0 Å². The molecule has 0 aliphatic heterocycles. The first-order chi connectivity index (χ1) is 4.72. The summed E-state index contributed by atoms with van der Waals surface area (Å²) in [5, 5.41) is 8.06. The highest BCUT2D eigenvalue weighted by Gasteiger charge is 2.05. The molecule has 0 saturated carbocycles. The van der Waals surface area contributed by atoms with Crippen molar-refractivity contribution in [2.24, 2.45) is 0 Å². The minimum absolute atomic E-state index is 0.312. The molecule has 0 aromatic carbocycles. The van der Waals surface area contributed by atoms with Crippen LogP contribution in [0.3, 0.4) is 0 Å². The van der Waals surface area contributed by atoms with Crippen LogP contribution < -0.4 is 0 Å². The fraction of sp³-hybridized carbons (Fsp3) is 0.333. The van der Waals surface area contributed by atoms with E-state index in [2.05, 4.69) is 11.3 Å². The van der Waals surface area contributed by atoms with Gasteiger partial charge in [-0.25, -0.2) is 9.18 Å². The number of hydrogen-bond donors (Lipinski definition) is 0. The predicted molar refractivity (Wildman–Crippen MR) is 31.7 cm³/mol. The highest BCUT2D eigenvalue weighted by atomic mass is 19.1. The van der Waals surface area contributed by atoms with E-state index < -0.39 is 12.6 Å². The van der Waals surface area contributed by atoms with Gasteiger partial charge in [-0.15, -0.1) is 0 Å². The summed E-state index contributed by atoms with van der Waals surface area (Å²) in [6.07, 6.45) is 0. The third-order valence-corrected chi connectivity index (χ3v) is 0.692. The van der Waals surface area contributed by atoms with Gasteiger partial charge in [0.25, 0.3) is 0 Å². The lowest BCUT2D eigenvalue weighted by Crippen LogP contribution is -2.07. The lowest BCUT2D eigenvalue weighted by Gasteiger charge is -1.96. The summed E-state index contributed by atoms with van der Waals surface area (Å²) in [5.74, 6) is -0.861. The number of carbonyl (C=O) groups is 1. The van der Waals surface area contributed by atoms with Crippen molar-refractivity contribution in [3.8, 4) is 6.07 Å². The molecule has 0 rings (SSSR count). The second kappa shape index (κ2) is 4.50. The first-order valence-electron chi connectivity index (χ1n) is 2.54. The number of ether oxygens (including phenoxy) is 1. The van der Waals surface area contributed by atoms with Gasteiger partial charge in [-0.2, -0.15) is 5.26 Å². The average Bonchev–Trinajstić information content (AvgIpc) is 1.98. The van der Waals surface area contributed by atoms with Gasteiger partial charge in [0.15, 0.2) is 0 Å². The number of nitrogens with zero attached hydrogens (tertiary/aromatic N) is 1. The largest absolute Gasteiger partial charge is 0.459 e. The zero-order valence-corrected chi connectivity index (χ0v) is 5.26. The minimum Gasteiger partial charge on any atom is -0.459 e. The maximum Gasteiger partial charge on any atom is 0.348 e. The molecule has 0 unspecified atom stereocenters. The van der Waals surface area contributed by atoms with Crippen LogP contribution in [-0.2, 0) is 9.53 Å². The molecular weight excluding hydrogens is 137 g/mol. The number of nitriles is 1. The van der Waals surface area contributed by atoms with E-state index >= 15 is 0 Å². The normalized spacial score (nSPS) is 8.00. The molecule has 0 aliphatic rings. The first-order valence-corrected chi connectivity index (χ1v) is 2.54. The van der Waals surface area contributed by atoms with Crippen LogP contribution in [0.5, 0.6) is 0 Å². The lowest BCUT2D eigenvalue weighted by molar-refractivity contribution is -0.138. The number of esters is 1. The van der Waals surface area contributed by atoms with Crippen LogP contribution in [0.2, 0.25) is 0 Å². The molecule has 0 aliphatic carbocycles. The molecular formula is C6H6FNO2. The Morgan fingerprint density at radius 3 is 2.80 bits per heavy atom. The molecule has 54 valence electrons. The molecule has 3 nitrogen and oxygen atoms in total. The highest BCUT2D eigenvalue weighted by molar-refractivity contribution is 5.91. The van der Waals surface area contributed by atoms with Crippen LogP contribution >= 0.6 is 0 Å². The summed E-state index contributed by atoms with van der Waals surface area (Å²) in [5.41, 5.74) is -0.312. The summed E-state index contributed by atoms with van der Waals surface area (Å²) in [4.78, 5) is 10.4. The zero-order chi connectivity index (χ0) is 7.98. The molecule has 0 spiro atoms. The topological polar surface area (TPSA) is 50.1 Å². The molecule has 0 heterocycles. The quantitative estimate of drug-likeness (QED) is 0.330. The van der Waals surface area contributed by atoms with Gasteiger partial charge in [0, 0.05) is 0 Å². The van der Waals surface area contributed by atoms with Gasteiger partial charge < -0.3 is 4.74 Å². The van der Waals surface area contributed by atoms with Gasteiger partial charge in [-0.05, 0) is 0 Å². The fourth-order valence-corrected chi connectivity index (χ4v) is 0.264. The summed E-state index contributed by atoms with van der Waals surface area (Å²) >= 11 is 0. The molecule has 0 N–H and O–H groups in total. The second-order valence-corrected chi connectivity index (χ2v) is 1.42. The van der Waals surface area contributed by atoms with Crippen LogP contribution in [0.25, 0.3) is 0 Å². The van der Waals surface area contributed by atoms with Gasteiger partial charge in [0.05, 0.1) is 0 Å². The Labute approximate surface area is 57.7 Å². The predicted octanol–water partition coefficient (Wildman–Crippen LogP) is 0.579. The van der Waals surface area contributed by atoms with Gasteiger partial charge in [-0.1, -0.05) is 6.58 Å². The lowest BCUT2D eigenvalue weighted by atomic mass is 10.3. The molecule has 0 fully saturated rings. The van der Waals surface area contributed by atoms with Gasteiger partial charge in [-0.3, -0.25) is 0 Å². The van der Waals surface area contributed by atoms with Crippen molar-refractivity contribution >= 4 is 5.97 Å². The monoisotopic (exact) mass is 143 g/mol. The third-order valence-electron chi connectivity index (χ3n) is 0.692. The van der Waals surface area contributed by atoms with Crippen molar-refractivity contribution in [3.05, 3.63) is 12.2 Å². The average molecular weight is 143 g/mol. The number of carbonyl (C=O) groups excluding carboxylic acids is 1. The maximum absolute atomic E-state index is 11.3. The third kappa shape index (κ3) is 2.82. The van der Waals surface area contributed by atoms with Crippen molar-refractivity contribution in [1.82, 2.24) is 0 Å². The summed E-state index contributed by atoms with van der Waals surface area (Å²) in [6, 6.07) is 1.48. The van der Waals surface area contributed by atoms with E-state index in [1.807, 2.05) is 0 Å². The van der Waals surface area contributed by atoms with Crippen LogP contribution in [0, 0.1) is 11.3 Å². The molecule has 0 aromatic heterocycles. The fourth-order valence-electron chi connectivity index (χ4n) is 0.264. The van der Waals surface area contributed by atoms with E-state index in [9.17, 15) is 9.18 Å². The summed E-state index contributed by atoms with van der Waals surface area (Å²) < 4.78 is 15.5. The first kappa shape index (κ1) is 8.63. The molecule has 0 bridgehead atoms. The van der Waals surface area contributed by atoms with E-state index in [4.69, 9.17) is 5.26 Å². The second-order valence-electron chi connectivity index (χ2n) is 1.42.